The van der Waals surface area contributed by atoms with E-state index in [9.17, 15) is 9.90 Å². The van der Waals surface area contributed by atoms with Gasteiger partial charge in [0, 0.05) is 11.8 Å². The van der Waals surface area contributed by atoms with E-state index in [1.54, 1.807) is 10.9 Å². The number of ether oxygens (including phenoxy) is 1. The van der Waals surface area contributed by atoms with Gasteiger partial charge in [0.15, 0.2) is 6.10 Å². The smallest absolute Gasteiger partial charge is 0.335 e. The molecule has 0 spiro atoms. The summed E-state index contributed by atoms with van der Waals surface area (Å²) >= 11 is 1.43. The minimum Gasteiger partial charge on any atom is -0.467 e. The van der Waals surface area contributed by atoms with Gasteiger partial charge in [-0.05, 0) is 0 Å². The summed E-state index contributed by atoms with van der Waals surface area (Å²) in [5.74, 6) is -0.622. The summed E-state index contributed by atoms with van der Waals surface area (Å²) in [6.07, 6.45) is -0.881. The van der Waals surface area contributed by atoms with Crippen LogP contribution in [-0.2, 0) is 16.0 Å². The van der Waals surface area contributed by atoms with Gasteiger partial charge < -0.3 is 9.84 Å². The fourth-order valence-electron chi connectivity index (χ4n) is 0.756. The molecule has 0 fully saturated rings. The zero-order valence-electron chi connectivity index (χ0n) is 6.56. The second-order valence-electron chi connectivity index (χ2n) is 2.22. The first-order valence-electron chi connectivity index (χ1n) is 3.37. The van der Waals surface area contributed by atoms with E-state index in [2.05, 4.69) is 9.72 Å². The van der Waals surface area contributed by atoms with Crippen molar-refractivity contribution in [2.45, 2.75) is 12.5 Å². The van der Waals surface area contributed by atoms with Gasteiger partial charge in [-0.25, -0.2) is 9.78 Å². The number of aliphatic hydroxyl groups is 1. The number of carbonyl (C=O) groups is 1. The fraction of sp³-hybridized carbons (Fsp3) is 0.429. The van der Waals surface area contributed by atoms with Gasteiger partial charge >= 0.3 is 5.97 Å². The lowest BCUT2D eigenvalue weighted by molar-refractivity contribution is -0.150. The molecule has 0 bridgehead atoms. The van der Waals surface area contributed by atoms with Gasteiger partial charge in [-0.2, -0.15) is 0 Å². The molecule has 1 unspecified atom stereocenters. The number of thiazole rings is 1. The average Bonchev–Trinajstić information content (AvgIpc) is 2.55. The number of nitrogens with zero attached hydrogens (tertiary/aromatic N) is 1. The summed E-state index contributed by atoms with van der Waals surface area (Å²) in [6, 6.07) is 0. The molecule has 1 aromatic heterocycles. The van der Waals surface area contributed by atoms with Crippen molar-refractivity contribution >= 4 is 17.3 Å². The van der Waals surface area contributed by atoms with E-state index in [-0.39, 0.29) is 6.42 Å². The third-order valence-corrected chi connectivity index (χ3v) is 1.99. The molecule has 4 nitrogen and oxygen atoms in total. The van der Waals surface area contributed by atoms with Crippen molar-refractivity contribution in [1.29, 1.82) is 0 Å². The zero-order chi connectivity index (χ0) is 8.97. The lowest BCUT2D eigenvalue weighted by Crippen LogP contribution is -2.24. The second-order valence-corrected chi connectivity index (χ2v) is 2.94. The van der Waals surface area contributed by atoms with Crippen LogP contribution in [0.2, 0.25) is 0 Å². The molecule has 0 saturated heterocycles. The molecular weight excluding hydrogens is 178 g/mol. The van der Waals surface area contributed by atoms with Crippen LogP contribution >= 0.6 is 11.3 Å². The highest BCUT2D eigenvalue weighted by Gasteiger charge is 2.16. The molecule has 1 heterocycles. The van der Waals surface area contributed by atoms with Crippen molar-refractivity contribution in [1.82, 2.24) is 4.98 Å². The van der Waals surface area contributed by atoms with E-state index in [1.807, 2.05) is 0 Å². The van der Waals surface area contributed by atoms with Crippen LogP contribution in [0, 0.1) is 0 Å². The molecule has 0 aliphatic heterocycles. The minimum atomic E-state index is -1.10. The van der Waals surface area contributed by atoms with E-state index in [0.717, 1.165) is 0 Å². The number of hydrogen-bond donors (Lipinski definition) is 1. The van der Waals surface area contributed by atoms with E-state index in [1.165, 1.54) is 18.4 Å². The van der Waals surface area contributed by atoms with Crippen LogP contribution in [0.4, 0.5) is 0 Å². The predicted octanol–water partition coefficient (Wildman–Crippen LogP) is 0.219. The quantitative estimate of drug-likeness (QED) is 0.688. The molecule has 0 amide bonds. The van der Waals surface area contributed by atoms with Gasteiger partial charge in [-0.3, -0.25) is 0 Å². The van der Waals surface area contributed by atoms with Crippen LogP contribution in [0.1, 0.15) is 5.69 Å². The Bertz CT molecular complexity index is 247. The normalized spacial score (nSPS) is 12.5. The standard InChI is InChI=1S/C7H9NO3S/c1-11-7(10)6(9)2-5-3-12-4-8-5/h3-4,6,9H,2H2,1H3. The molecule has 1 rings (SSSR count). The molecule has 0 radical (unpaired) electrons. The van der Waals surface area contributed by atoms with Crippen molar-refractivity contribution in [3.63, 3.8) is 0 Å². The average molecular weight is 187 g/mol. The SMILES string of the molecule is COC(=O)C(O)Cc1cscn1. The van der Waals surface area contributed by atoms with Crippen LogP contribution in [0.15, 0.2) is 10.9 Å². The number of methoxy groups -OCH3 is 1. The molecule has 66 valence electrons. The molecule has 12 heavy (non-hydrogen) atoms. The largest absolute Gasteiger partial charge is 0.467 e. The van der Waals surface area contributed by atoms with Crippen molar-refractivity contribution in [2.24, 2.45) is 0 Å². The highest BCUT2D eigenvalue weighted by molar-refractivity contribution is 7.07. The van der Waals surface area contributed by atoms with Crippen molar-refractivity contribution in [2.75, 3.05) is 7.11 Å². The number of aliphatic hydroxyl groups excluding tert-OH is 1. The van der Waals surface area contributed by atoms with Gasteiger partial charge in [-0.15, -0.1) is 11.3 Å². The molecule has 0 aliphatic carbocycles. The maximum Gasteiger partial charge on any atom is 0.335 e. The van der Waals surface area contributed by atoms with Crippen molar-refractivity contribution in [3.8, 4) is 0 Å². The molecule has 1 atom stereocenters. The number of aromatic nitrogens is 1. The lowest BCUT2D eigenvalue weighted by atomic mass is 10.2. The first-order chi connectivity index (χ1) is 5.74. The first kappa shape index (κ1) is 9.15. The minimum absolute atomic E-state index is 0.218. The van der Waals surface area contributed by atoms with Gasteiger partial charge in [-0.1, -0.05) is 0 Å². The summed E-state index contributed by atoms with van der Waals surface area (Å²) < 4.78 is 4.35. The number of esters is 1. The summed E-state index contributed by atoms with van der Waals surface area (Å²) in [5, 5.41) is 11.0. The van der Waals surface area contributed by atoms with Crippen LogP contribution in [0.3, 0.4) is 0 Å². The van der Waals surface area contributed by atoms with E-state index < -0.39 is 12.1 Å². The molecule has 0 saturated carbocycles. The Morgan fingerprint density at radius 3 is 3.17 bits per heavy atom. The zero-order valence-corrected chi connectivity index (χ0v) is 7.37. The van der Waals surface area contributed by atoms with Crippen LogP contribution in [-0.4, -0.2) is 29.3 Å². The van der Waals surface area contributed by atoms with Crippen molar-refractivity contribution < 1.29 is 14.6 Å². The van der Waals surface area contributed by atoms with Crippen molar-refractivity contribution in [3.05, 3.63) is 16.6 Å². The van der Waals surface area contributed by atoms with Crippen LogP contribution in [0.25, 0.3) is 0 Å². The summed E-state index contributed by atoms with van der Waals surface area (Å²) in [5.41, 5.74) is 2.36. The van der Waals surface area contributed by atoms with E-state index in [0.29, 0.717) is 5.69 Å². The van der Waals surface area contributed by atoms with E-state index in [4.69, 9.17) is 0 Å². The predicted molar refractivity (Wildman–Crippen MR) is 43.8 cm³/mol. The Balaban J connectivity index is 2.47. The molecule has 5 heteroatoms. The third kappa shape index (κ3) is 2.28. The van der Waals surface area contributed by atoms with Crippen LogP contribution in [0.5, 0.6) is 0 Å². The van der Waals surface area contributed by atoms with E-state index >= 15 is 0 Å². The number of rotatable bonds is 3. The Hall–Kier alpha value is -0.940. The number of carbonyl (C=O) groups excluding carboxylic acids is 1. The van der Waals surface area contributed by atoms with Gasteiger partial charge in [0.2, 0.25) is 0 Å². The summed E-state index contributed by atoms with van der Waals surface area (Å²) in [4.78, 5) is 14.7. The summed E-state index contributed by atoms with van der Waals surface area (Å²) in [7, 11) is 1.24. The third-order valence-electron chi connectivity index (χ3n) is 1.36. The lowest BCUT2D eigenvalue weighted by Gasteiger charge is -2.04. The van der Waals surface area contributed by atoms with Gasteiger partial charge in [0.1, 0.15) is 0 Å². The molecule has 0 aliphatic rings. The molecule has 0 aromatic carbocycles. The maximum atomic E-state index is 10.7. The molecular formula is C7H9NO3S. The monoisotopic (exact) mass is 187 g/mol. The fourth-order valence-corrected chi connectivity index (χ4v) is 1.33. The Labute approximate surface area is 73.8 Å². The highest BCUT2D eigenvalue weighted by Crippen LogP contribution is 2.04. The first-order valence-corrected chi connectivity index (χ1v) is 4.31. The summed E-state index contributed by atoms with van der Waals surface area (Å²) in [6.45, 7) is 0. The topological polar surface area (TPSA) is 59.4 Å². The Morgan fingerprint density at radius 2 is 2.67 bits per heavy atom. The Morgan fingerprint density at radius 1 is 1.92 bits per heavy atom. The van der Waals surface area contributed by atoms with Crippen LogP contribution < -0.4 is 0 Å². The Kier molecular flexibility index (Phi) is 3.19. The van der Waals surface area contributed by atoms with Gasteiger partial charge in [0.05, 0.1) is 18.3 Å². The second kappa shape index (κ2) is 4.18. The molecule has 1 aromatic rings. The molecule has 1 N–H and O–H groups in total. The van der Waals surface area contributed by atoms with Gasteiger partial charge in [0.25, 0.3) is 0 Å². The number of hydrogen-bond acceptors (Lipinski definition) is 5. The maximum absolute atomic E-state index is 10.7. The highest BCUT2D eigenvalue weighted by atomic mass is 32.1.